The Bertz CT molecular complexity index is 351. The zero-order valence-electron chi connectivity index (χ0n) is 11.6. The van der Waals surface area contributed by atoms with Crippen molar-refractivity contribution < 1.29 is 22.7 Å². The van der Waals surface area contributed by atoms with Crippen molar-refractivity contribution in [3.05, 3.63) is 0 Å². The zero-order valence-corrected chi connectivity index (χ0v) is 11.6. The van der Waals surface area contributed by atoms with Crippen molar-refractivity contribution in [2.24, 2.45) is 23.7 Å². The predicted octanol–water partition coefficient (Wildman–Crippen LogP) is 6.64. The van der Waals surface area contributed by atoms with Crippen molar-refractivity contribution >= 4 is 0 Å². The molecule has 0 aromatic heterocycles. The van der Waals surface area contributed by atoms with Crippen molar-refractivity contribution in [3.8, 4) is 0 Å². The van der Waals surface area contributed by atoms with Crippen LogP contribution >= 0.6 is 0 Å². The Morgan fingerprint density at radius 3 is 1.96 bits per heavy atom. The lowest BCUT2D eigenvalue weighted by Crippen LogP contribution is -2.62. The summed E-state index contributed by atoms with van der Waals surface area (Å²) in [5.41, 5.74) is -5.77. The molecule has 1 N–H and O–H groups in total. The highest BCUT2D eigenvalue weighted by molar-refractivity contribution is 5.16. The highest BCUT2D eigenvalue weighted by atomic mass is 19.4. The van der Waals surface area contributed by atoms with Gasteiger partial charge in [0.25, 0.3) is 0 Å². The number of alkyl halides is 4. The van der Waals surface area contributed by atoms with Crippen LogP contribution in [0.2, 0.25) is 0 Å². The fraction of sp³-hybridized carbons (Fsp3) is 1.00. The lowest BCUT2D eigenvalue weighted by Gasteiger charge is -2.46. The van der Waals surface area contributed by atoms with E-state index in [0.29, 0.717) is 19.3 Å². The maximum Gasteiger partial charge on any atom is 0.420 e. The highest BCUT2D eigenvalue weighted by Gasteiger charge is 2.73. The van der Waals surface area contributed by atoms with Gasteiger partial charge in [-0.1, -0.05) is 56.4 Å². The molecule has 144 valence electrons. The minimum Gasteiger partial charge on any atom is -0.378 e. The SMILES string of the molecule is C.C.C.C.CCCC1C2CC(C1C)C(F)(C(C)(O)C(F)(F)F)C2. The number of rotatable bonds is 3. The molecule has 2 saturated carbocycles. The molecule has 2 aliphatic carbocycles. The quantitative estimate of drug-likeness (QED) is 0.568. The Hall–Kier alpha value is -0.320. The van der Waals surface area contributed by atoms with Crippen molar-refractivity contribution in [1.82, 2.24) is 0 Å². The topological polar surface area (TPSA) is 20.2 Å². The Morgan fingerprint density at radius 2 is 1.61 bits per heavy atom. The van der Waals surface area contributed by atoms with Gasteiger partial charge < -0.3 is 5.11 Å². The molecule has 0 aliphatic heterocycles. The minimum atomic E-state index is -4.92. The van der Waals surface area contributed by atoms with E-state index in [1.54, 1.807) is 0 Å². The molecule has 5 heteroatoms. The van der Waals surface area contributed by atoms with Crippen LogP contribution in [-0.4, -0.2) is 22.6 Å². The minimum absolute atomic E-state index is 0. The van der Waals surface area contributed by atoms with Crippen molar-refractivity contribution in [3.63, 3.8) is 0 Å². The Balaban J connectivity index is -0.000001000. The van der Waals surface area contributed by atoms with E-state index in [0.717, 1.165) is 12.8 Å². The Kier molecular flexibility index (Phi) is 9.78. The fourth-order valence-corrected chi connectivity index (χ4v) is 4.44. The van der Waals surface area contributed by atoms with Crippen LogP contribution in [-0.2, 0) is 0 Å². The zero-order chi connectivity index (χ0) is 14.6. The average molecular weight is 346 g/mol. The molecule has 0 radical (unpaired) electrons. The lowest BCUT2D eigenvalue weighted by molar-refractivity contribution is -0.308. The van der Waals surface area contributed by atoms with Gasteiger partial charge in [0.1, 0.15) is 0 Å². The average Bonchev–Trinajstić information content (AvgIpc) is 2.75. The van der Waals surface area contributed by atoms with Gasteiger partial charge in [-0.2, -0.15) is 13.2 Å². The first-order chi connectivity index (χ1) is 8.56. The van der Waals surface area contributed by atoms with E-state index >= 15 is 0 Å². The van der Waals surface area contributed by atoms with Crippen LogP contribution in [0.5, 0.6) is 0 Å². The summed E-state index contributed by atoms with van der Waals surface area (Å²) in [6.45, 7) is 4.47. The van der Waals surface area contributed by atoms with E-state index in [1.807, 2.05) is 13.8 Å². The van der Waals surface area contributed by atoms with Gasteiger partial charge in [-0.3, -0.25) is 0 Å². The fourth-order valence-electron chi connectivity index (χ4n) is 4.44. The maximum atomic E-state index is 15.0. The first-order valence-electron chi connectivity index (χ1n) is 7.04. The van der Waals surface area contributed by atoms with E-state index in [4.69, 9.17) is 0 Å². The monoisotopic (exact) mass is 346 g/mol. The molecule has 2 rings (SSSR count). The number of fused-ring (bicyclic) bond motifs is 2. The van der Waals surface area contributed by atoms with E-state index in [9.17, 15) is 22.7 Å². The Labute approximate surface area is 140 Å². The standard InChI is InChI=1S/C14H22F4O.4CH4/c1-4-5-10-8(2)11-6-9(10)7-13(11,15)12(3,19)14(16,17)18;;;;/h8-11,19H,4-7H2,1-3H3;4*1H4. The normalized spacial score (nSPS) is 37.6. The van der Waals surface area contributed by atoms with Crippen molar-refractivity contribution in [2.75, 3.05) is 0 Å². The highest BCUT2D eigenvalue weighted by Crippen LogP contribution is 2.64. The molecule has 6 unspecified atom stereocenters. The van der Waals surface area contributed by atoms with Crippen LogP contribution in [0.4, 0.5) is 17.6 Å². The van der Waals surface area contributed by atoms with Crippen molar-refractivity contribution in [1.29, 1.82) is 0 Å². The molecule has 2 bridgehead atoms. The summed E-state index contributed by atoms with van der Waals surface area (Å²) < 4.78 is 53.8. The molecule has 0 spiro atoms. The second kappa shape index (κ2) is 8.17. The summed E-state index contributed by atoms with van der Waals surface area (Å²) in [5.74, 6) is -0.468. The predicted molar refractivity (Wildman–Crippen MR) is 91.2 cm³/mol. The summed E-state index contributed by atoms with van der Waals surface area (Å²) >= 11 is 0. The first-order valence-corrected chi connectivity index (χ1v) is 7.04. The van der Waals surface area contributed by atoms with Crippen LogP contribution in [0.1, 0.15) is 76.2 Å². The number of aliphatic hydroxyl groups is 1. The number of hydrogen-bond donors (Lipinski definition) is 1. The van der Waals surface area contributed by atoms with Gasteiger partial charge in [0.15, 0.2) is 11.3 Å². The van der Waals surface area contributed by atoms with E-state index in [1.165, 1.54) is 0 Å². The summed E-state index contributed by atoms with van der Waals surface area (Å²) in [6.07, 6.45) is -2.69. The Morgan fingerprint density at radius 1 is 1.13 bits per heavy atom. The molecule has 1 nitrogen and oxygen atoms in total. The number of hydrogen-bond acceptors (Lipinski definition) is 1. The van der Waals surface area contributed by atoms with Gasteiger partial charge in [0.05, 0.1) is 0 Å². The summed E-state index contributed by atoms with van der Waals surface area (Å²) in [7, 11) is 0. The van der Waals surface area contributed by atoms with Crippen LogP contribution < -0.4 is 0 Å². The molecular weight excluding hydrogens is 308 g/mol. The van der Waals surface area contributed by atoms with Crippen LogP contribution in [0, 0.1) is 23.7 Å². The molecule has 2 fully saturated rings. The van der Waals surface area contributed by atoms with Crippen molar-refractivity contribution in [2.45, 2.75) is 93.6 Å². The van der Waals surface area contributed by atoms with Gasteiger partial charge in [-0.15, -0.1) is 0 Å². The third kappa shape index (κ3) is 3.69. The van der Waals surface area contributed by atoms with E-state index < -0.39 is 23.4 Å². The molecule has 0 heterocycles. The van der Waals surface area contributed by atoms with E-state index in [-0.39, 0.29) is 48.0 Å². The summed E-state index contributed by atoms with van der Waals surface area (Å²) in [4.78, 5) is 0. The maximum absolute atomic E-state index is 15.0. The molecule has 0 aromatic carbocycles. The van der Waals surface area contributed by atoms with Crippen LogP contribution in [0.3, 0.4) is 0 Å². The van der Waals surface area contributed by atoms with Crippen LogP contribution in [0.25, 0.3) is 0 Å². The largest absolute Gasteiger partial charge is 0.420 e. The van der Waals surface area contributed by atoms with Gasteiger partial charge in [-0.25, -0.2) is 4.39 Å². The lowest BCUT2D eigenvalue weighted by atomic mass is 9.66. The van der Waals surface area contributed by atoms with Gasteiger partial charge >= 0.3 is 6.18 Å². The molecule has 2 aliphatic rings. The molecule has 0 aromatic rings. The van der Waals surface area contributed by atoms with Gasteiger partial charge in [-0.05, 0) is 43.4 Å². The molecule has 6 atom stereocenters. The first kappa shape index (κ1) is 27.5. The molecule has 23 heavy (non-hydrogen) atoms. The smallest absolute Gasteiger partial charge is 0.378 e. The third-order valence-corrected chi connectivity index (χ3v) is 5.60. The van der Waals surface area contributed by atoms with E-state index in [2.05, 4.69) is 0 Å². The van der Waals surface area contributed by atoms with Gasteiger partial charge in [0, 0.05) is 0 Å². The third-order valence-electron chi connectivity index (χ3n) is 5.60. The molecule has 0 amide bonds. The second-order valence-electron chi connectivity index (χ2n) is 6.55. The molecular formula is C18H38F4O. The number of halogens is 4. The van der Waals surface area contributed by atoms with Crippen LogP contribution in [0.15, 0.2) is 0 Å². The summed E-state index contributed by atoms with van der Waals surface area (Å²) in [5, 5.41) is 9.77. The second-order valence-corrected chi connectivity index (χ2v) is 6.55. The summed E-state index contributed by atoms with van der Waals surface area (Å²) in [6, 6.07) is 0. The van der Waals surface area contributed by atoms with Gasteiger partial charge in [0.2, 0.25) is 0 Å². The molecule has 0 saturated heterocycles.